The molecule has 1 aliphatic heterocycles. The van der Waals surface area contributed by atoms with Crippen LogP contribution in [0.2, 0.25) is 13.1 Å². The van der Waals surface area contributed by atoms with Gasteiger partial charge in [-0.3, -0.25) is 4.90 Å². The Balaban J connectivity index is 3.10. The molecule has 1 aliphatic rings. The summed E-state index contributed by atoms with van der Waals surface area (Å²) in [6, 6.07) is 2.20. The number of carbonyl (C=O) groups is 1. The molecule has 107 valence electrons. The highest BCUT2D eigenvalue weighted by atomic mass is 28.3. The molecule has 0 saturated carbocycles. The summed E-state index contributed by atoms with van der Waals surface area (Å²) in [5, 5.41) is 9.56. The molecule has 5 nitrogen and oxygen atoms in total. The maximum absolute atomic E-state index is 11.9. The molecule has 0 aromatic carbocycles. The second-order valence-corrected chi connectivity index (χ2v) is 8.27. The molecule has 6 heteroatoms. The van der Waals surface area contributed by atoms with Gasteiger partial charge < -0.3 is 9.16 Å². The molecule has 0 spiro atoms. The average Bonchev–Trinajstić information content (AvgIpc) is 2.67. The van der Waals surface area contributed by atoms with Gasteiger partial charge in [-0.1, -0.05) is 20.8 Å². The second kappa shape index (κ2) is 5.51. The van der Waals surface area contributed by atoms with Crippen LogP contribution in [0.15, 0.2) is 0 Å². The van der Waals surface area contributed by atoms with E-state index in [4.69, 9.17) is 9.16 Å². The van der Waals surface area contributed by atoms with Crippen molar-refractivity contribution in [3.8, 4) is 6.07 Å². The molecule has 0 bridgehead atoms. The third kappa shape index (κ3) is 3.28. The molecule has 2 atom stereocenters. The molecule has 1 rings (SSSR count). The highest BCUT2D eigenvalue weighted by molar-refractivity contribution is 6.48. The summed E-state index contributed by atoms with van der Waals surface area (Å²) in [7, 11) is 0.231. The largest absolute Gasteiger partial charge is 0.453 e. The van der Waals surface area contributed by atoms with Crippen molar-refractivity contribution in [1.29, 1.82) is 5.26 Å². The van der Waals surface area contributed by atoms with Crippen molar-refractivity contribution in [2.45, 2.75) is 46.0 Å². The monoisotopic (exact) mass is 283 g/mol. The van der Waals surface area contributed by atoms with Crippen molar-refractivity contribution < 1.29 is 14.0 Å². The Morgan fingerprint density at radius 2 is 2.05 bits per heavy atom. The number of methoxy groups -OCH3 is 1. The normalized spacial score (nSPS) is 27.5. The van der Waals surface area contributed by atoms with Gasteiger partial charge >= 0.3 is 6.09 Å². The molecule has 1 heterocycles. The quantitative estimate of drug-likeness (QED) is 0.731. The third-order valence-corrected chi connectivity index (χ3v) is 4.28. The number of amides is 1. The highest BCUT2D eigenvalue weighted by Gasteiger charge is 2.53. The minimum Gasteiger partial charge on any atom is -0.453 e. The van der Waals surface area contributed by atoms with E-state index < -0.39 is 20.9 Å². The zero-order valence-electron chi connectivity index (χ0n) is 12.6. The summed E-state index contributed by atoms with van der Waals surface area (Å²) >= 11 is 0. The fraction of sp³-hybridized carbons (Fsp3) is 0.846. The van der Waals surface area contributed by atoms with Crippen molar-refractivity contribution in [3.63, 3.8) is 0 Å². The minimum absolute atomic E-state index is 0.0165. The summed E-state index contributed by atoms with van der Waals surface area (Å²) < 4.78 is 10.7. The lowest BCUT2D eigenvalue weighted by molar-refractivity contribution is -0.00425. The highest BCUT2D eigenvalue weighted by Crippen LogP contribution is 2.43. The van der Waals surface area contributed by atoms with Crippen molar-refractivity contribution in [2.24, 2.45) is 11.3 Å². The molecular formula is C13H23N2O3Si. The molecule has 1 amide bonds. The lowest BCUT2D eigenvalue weighted by Crippen LogP contribution is -2.50. The van der Waals surface area contributed by atoms with Crippen LogP contribution in [0.4, 0.5) is 4.79 Å². The summed E-state index contributed by atoms with van der Waals surface area (Å²) in [6.45, 7) is 10.8. The van der Waals surface area contributed by atoms with E-state index >= 15 is 0 Å². The molecule has 19 heavy (non-hydrogen) atoms. The predicted octanol–water partition coefficient (Wildman–Crippen LogP) is 2.61. The average molecular weight is 283 g/mol. The van der Waals surface area contributed by atoms with Gasteiger partial charge in [0.2, 0.25) is 14.8 Å². The van der Waals surface area contributed by atoms with Crippen LogP contribution >= 0.6 is 0 Å². The maximum Gasteiger partial charge on any atom is 0.412 e. The minimum atomic E-state index is -1.16. The fourth-order valence-electron chi connectivity index (χ4n) is 2.35. The molecular weight excluding hydrogens is 260 g/mol. The van der Waals surface area contributed by atoms with Gasteiger partial charge in [0.25, 0.3) is 0 Å². The number of hydrogen-bond acceptors (Lipinski definition) is 4. The van der Waals surface area contributed by atoms with Gasteiger partial charge in [-0.25, -0.2) is 4.79 Å². The van der Waals surface area contributed by atoms with Crippen molar-refractivity contribution in [3.05, 3.63) is 0 Å². The lowest BCUT2D eigenvalue weighted by Gasteiger charge is -2.32. The Labute approximate surface area is 117 Å². The number of nitriles is 1. The zero-order chi connectivity index (χ0) is 14.8. The number of hydrogen-bond donors (Lipinski definition) is 0. The summed E-state index contributed by atoms with van der Waals surface area (Å²) in [5.41, 5.74) is -1.15. The van der Waals surface area contributed by atoms with E-state index in [1.165, 1.54) is 12.0 Å². The third-order valence-electron chi connectivity index (χ3n) is 3.53. The SMILES string of the molecule is COC(=O)N1CC(C(C)(C)C)CC1(C#N)O[Si](C)C. The molecule has 0 aliphatic carbocycles. The molecule has 1 fully saturated rings. The standard InChI is InChI=1S/C13H23N2O3Si/c1-12(2,3)10-7-13(9-14,18-19(5)6)15(8-10)11(16)17-4/h10H,7-8H2,1-6H3. The topological polar surface area (TPSA) is 62.6 Å². The Morgan fingerprint density at radius 1 is 1.47 bits per heavy atom. The summed E-state index contributed by atoms with van der Waals surface area (Å²) in [4.78, 5) is 13.4. The molecule has 1 saturated heterocycles. The van der Waals surface area contributed by atoms with E-state index in [2.05, 4.69) is 26.8 Å². The van der Waals surface area contributed by atoms with Crippen LogP contribution in [-0.4, -0.2) is 39.4 Å². The smallest absolute Gasteiger partial charge is 0.412 e. The number of rotatable bonds is 2. The molecule has 2 unspecified atom stereocenters. The molecule has 0 N–H and O–H groups in total. The van der Waals surface area contributed by atoms with Gasteiger partial charge in [0.15, 0.2) is 0 Å². The van der Waals surface area contributed by atoms with Crippen LogP contribution in [0.1, 0.15) is 27.2 Å². The first-order valence-electron chi connectivity index (χ1n) is 6.42. The van der Waals surface area contributed by atoms with Crippen LogP contribution in [-0.2, 0) is 9.16 Å². The summed E-state index contributed by atoms with van der Waals surface area (Å²) in [5.74, 6) is 0.215. The lowest BCUT2D eigenvalue weighted by atomic mass is 9.79. The fourth-order valence-corrected chi connectivity index (χ4v) is 3.27. The summed E-state index contributed by atoms with van der Waals surface area (Å²) in [6.07, 6.45) is 0.0503. The predicted molar refractivity (Wildman–Crippen MR) is 73.6 cm³/mol. The van der Waals surface area contributed by atoms with Crippen molar-refractivity contribution in [1.82, 2.24) is 4.90 Å². The molecule has 0 aromatic heterocycles. The number of ether oxygens (including phenoxy) is 1. The first-order valence-corrected chi connectivity index (χ1v) is 8.83. The van der Waals surface area contributed by atoms with Crippen LogP contribution in [0.5, 0.6) is 0 Å². The van der Waals surface area contributed by atoms with Gasteiger partial charge in [-0.15, -0.1) is 0 Å². The van der Waals surface area contributed by atoms with Gasteiger partial charge in [0.1, 0.15) is 6.07 Å². The van der Waals surface area contributed by atoms with Gasteiger partial charge in [0, 0.05) is 13.0 Å². The van der Waals surface area contributed by atoms with E-state index in [1.54, 1.807) is 0 Å². The molecule has 0 aromatic rings. The van der Waals surface area contributed by atoms with Crippen LogP contribution < -0.4 is 0 Å². The van der Waals surface area contributed by atoms with Crippen LogP contribution in [0, 0.1) is 22.7 Å². The van der Waals surface area contributed by atoms with Gasteiger partial charge in [-0.05, 0) is 24.4 Å². The van der Waals surface area contributed by atoms with Crippen molar-refractivity contribution in [2.75, 3.05) is 13.7 Å². The number of likely N-dealkylation sites (tertiary alicyclic amines) is 1. The van der Waals surface area contributed by atoms with Crippen LogP contribution in [0.25, 0.3) is 0 Å². The van der Waals surface area contributed by atoms with E-state index in [9.17, 15) is 10.1 Å². The molecule has 1 radical (unpaired) electrons. The van der Waals surface area contributed by atoms with Gasteiger partial charge in [0.05, 0.1) is 7.11 Å². The Hall–Kier alpha value is -1.06. The van der Waals surface area contributed by atoms with E-state index in [0.717, 1.165) is 0 Å². The number of carbonyl (C=O) groups excluding carboxylic acids is 1. The maximum atomic E-state index is 11.9. The Morgan fingerprint density at radius 3 is 2.42 bits per heavy atom. The van der Waals surface area contributed by atoms with E-state index in [0.29, 0.717) is 13.0 Å². The van der Waals surface area contributed by atoms with Crippen LogP contribution in [0.3, 0.4) is 0 Å². The first-order chi connectivity index (χ1) is 8.66. The van der Waals surface area contributed by atoms with E-state index in [1.807, 2.05) is 13.1 Å². The Kier molecular flexibility index (Phi) is 4.64. The second-order valence-electron chi connectivity index (χ2n) is 6.25. The van der Waals surface area contributed by atoms with E-state index in [-0.39, 0.29) is 11.3 Å². The number of nitrogens with zero attached hydrogens (tertiary/aromatic N) is 2. The van der Waals surface area contributed by atoms with Crippen molar-refractivity contribution >= 4 is 15.1 Å². The first kappa shape index (κ1) is 16.0. The van der Waals surface area contributed by atoms with Gasteiger partial charge in [-0.2, -0.15) is 5.26 Å². The zero-order valence-corrected chi connectivity index (χ0v) is 13.6. The Bertz CT molecular complexity index is 386.